The molecule has 0 radical (unpaired) electrons. The lowest BCUT2D eigenvalue weighted by Gasteiger charge is -2.32. The first-order valence-electron chi connectivity index (χ1n) is 6.89. The van der Waals surface area contributed by atoms with E-state index in [1.165, 1.54) is 0 Å². The SMILES string of the molecule is COc1ccc(CN2CCOC(CC(=O)O)C2)c(OC)c1. The number of morpholine rings is 1. The Labute approximate surface area is 124 Å². The molecule has 1 heterocycles. The third-order valence-electron chi connectivity index (χ3n) is 3.51. The fraction of sp³-hybridized carbons (Fsp3) is 0.533. The van der Waals surface area contributed by atoms with Crippen LogP contribution in [0.1, 0.15) is 12.0 Å². The topological polar surface area (TPSA) is 68.2 Å². The van der Waals surface area contributed by atoms with Gasteiger partial charge in [0, 0.05) is 31.3 Å². The number of rotatable bonds is 6. The predicted molar refractivity (Wildman–Crippen MR) is 76.8 cm³/mol. The molecule has 0 saturated carbocycles. The van der Waals surface area contributed by atoms with Crippen molar-refractivity contribution in [2.45, 2.75) is 19.1 Å². The Balaban J connectivity index is 2.02. The molecule has 0 aliphatic carbocycles. The van der Waals surface area contributed by atoms with Crippen molar-refractivity contribution in [1.82, 2.24) is 4.90 Å². The van der Waals surface area contributed by atoms with Crippen LogP contribution >= 0.6 is 0 Å². The number of carboxylic acid groups (broad SMARTS) is 1. The molecular formula is C15H21NO5. The number of hydrogen-bond acceptors (Lipinski definition) is 5. The molecule has 2 rings (SSSR count). The average Bonchev–Trinajstić information content (AvgIpc) is 2.47. The van der Waals surface area contributed by atoms with E-state index in [1.807, 2.05) is 18.2 Å². The van der Waals surface area contributed by atoms with Crippen molar-refractivity contribution in [3.05, 3.63) is 23.8 Å². The maximum atomic E-state index is 10.8. The standard InChI is InChI=1S/C15H21NO5/c1-19-12-4-3-11(14(7-12)20-2)9-16-5-6-21-13(10-16)8-15(17)18/h3-4,7,13H,5-6,8-10H2,1-2H3,(H,17,18). The number of hydrogen-bond donors (Lipinski definition) is 1. The van der Waals surface area contributed by atoms with Crippen LogP contribution in [0.3, 0.4) is 0 Å². The van der Waals surface area contributed by atoms with Crippen LogP contribution in [0.15, 0.2) is 18.2 Å². The maximum absolute atomic E-state index is 10.8. The van der Waals surface area contributed by atoms with E-state index in [1.54, 1.807) is 14.2 Å². The zero-order valence-electron chi connectivity index (χ0n) is 12.4. The second-order valence-corrected chi connectivity index (χ2v) is 5.00. The minimum atomic E-state index is -0.830. The van der Waals surface area contributed by atoms with Crippen LogP contribution in [-0.4, -0.2) is 56.0 Å². The number of aliphatic carboxylic acids is 1. The van der Waals surface area contributed by atoms with E-state index < -0.39 is 5.97 Å². The zero-order chi connectivity index (χ0) is 15.2. The van der Waals surface area contributed by atoms with Crippen LogP contribution in [-0.2, 0) is 16.1 Å². The van der Waals surface area contributed by atoms with Gasteiger partial charge < -0.3 is 19.3 Å². The van der Waals surface area contributed by atoms with E-state index >= 15 is 0 Å². The van der Waals surface area contributed by atoms with Gasteiger partial charge in [-0.15, -0.1) is 0 Å². The Hall–Kier alpha value is -1.79. The van der Waals surface area contributed by atoms with Gasteiger partial charge in [0.05, 0.1) is 33.4 Å². The van der Waals surface area contributed by atoms with Crippen molar-refractivity contribution >= 4 is 5.97 Å². The first-order chi connectivity index (χ1) is 10.1. The van der Waals surface area contributed by atoms with Crippen LogP contribution in [0.25, 0.3) is 0 Å². The maximum Gasteiger partial charge on any atom is 0.306 e. The molecule has 116 valence electrons. The van der Waals surface area contributed by atoms with E-state index in [2.05, 4.69) is 4.90 Å². The summed E-state index contributed by atoms with van der Waals surface area (Å²) in [5, 5.41) is 8.85. The highest BCUT2D eigenvalue weighted by Crippen LogP contribution is 2.26. The second-order valence-electron chi connectivity index (χ2n) is 5.00. The van der Waals surface area contributed by atoms with Gasteiger partial charge in [0.15, 0.2) is 0 Å². The fourth-order valence-electron chi connectivity index (χ4n) is 2.47. The third kappa shape index (κ3) is 4.34. The summed E-state index contributed by atoms with van der Waals surface area (Å²) in [6.07, 6.45) is -0.212. The molecule has 1 atom stereocenters. The van der Waals surface area contributed by atoms with Gasteiger partial charge >= 0.3 is 5.97 Å². The number of carboxylic acids is 1. The van der Waals surface area contributed by atoms with Crippen LogP contribution in [0.2, 0.25) is 0 Å². The van der Waals surface area contributed by atoms with Gasteiger partial charge in [0.25, 0.3) is 0 Å². The molecule has 6 heteroatoms. The monoisotopic (exact) mass is 295 g/mol. The van der Waals surface area contributed by atoms with Gasteiger partial charge in [-0.3, -0.25) is 9.69 Å². The van der Waals surface area contributed by atoms with Gasteiger partial charge in [-0.1, -0.05) is 6.07 Å². The number of benzene rings is 1. The molecule has 21 heavy (non-hydrogen) atoms. The lowest BCUT2D eigenvalue weighted by Crippen LogP contribution is -2.42. The summed E-state index contributed by atoms with van der Waals surface area (Å²) in [7, 11) is 3.25. The van der Waals surface area contributed by atoms with Crippen LogP contribution in [0.5, 0.6) is 11.5 Å². The molecule has 1 aliphatic heterocycles. The quantitative estimate of drug-likeness (QED) is 0.855. The molecule has 0 spiro atoms. The first kappa shape index (κ1) is 15.6. The van der Waals surface area contributed by atoms with Crippen molar-refractivity contribution < 1.29 is 24.1 Å². The molecule has 1 unspecified atom stereocenters. The van der Waals surface area contributed by atoms with Crippen molar-refractivity contribution in [3.63, 3.8) is 0 Å². The van der Waals surface area contributed by atoms with Gasteiger partial charge in [0.1, 0.15) is 11.5 Å². The summed E-state index contributed by atoms with van der Waals surface area (Å²) in [6.45, 7) is 2.65. The van der Waals surface area contributed by atoms with Gasteiger partial charge in [-0.25, -0.2) is 0 Å². The molecule has 1 aliphatic rings. The highest BCUT2D eigenvalue weighted by molar-refractivity contribution is 5.67. The van der Waals surface area contributed by atoms with E-state index in [9.17, 15) is 4.79 Å². The molecule has 1 fully saturated rings. The number of ether oxygens (including phenoxy) is 3. The molecular weight excluding hydrogens is 274 g/mol. The minimum absolute atomic E-state index is 0.0379. The molecule has 0 aromatic heterocycles. The van der Waals surface area contributed by atoms with Crippen LogP contribution in [0.4, 0.5) is 0 Å². The molecule has 1 aromatic carbocycles. The third-order valence-corrected chi connectivity index (χ3v) is 3.51. The minimum Gasteiger partial charge on any atom is -0.497 e. The Morgan fingerprint density at radius 1 is 1.43 bits per heavy atom. The van der Waals surface area contributed by atoms with Gasteiger partial charge in [-0.05, 0) is 6.07 Å². The average molecular weight is 295 g/mol. The van der Waals surface area contributed by atoms with Crippen LogP contribution < -0.4 is 9.47 Å². The molecule has 0 amide bonds. The summed E-state index contributed by atoms with van der Waals surface area (Å²) in [4.78, 5) is 13.0. The van der Waals surface area contributed by atoms with Crippen molar-refractivity contribution in [1.29, 1.82) is 0 Å². The number of methoxy groups -OCH3 is 2. The van der Waals surface area contributed by atoms with E-state index in [0.29, 0.717) is 19.7 Å². The second kappa shape index (κ2) is 7.28. The molecule has 1 N–H and O–H groups in total. The highest BCUT2D eigenvalue weighted by Gasteiger charge is 2.23. The van der Waals surface area contributed by atoms with E-state index in [-0.39, 0.29) is 12.5 Å². The summed E-state index contributed by atoms with van der Waals surface area (Å²) < 4.78 is 16.0. The van der Waals surface area contributed by atoms with Gasteiger partial charge in [0.2, 0.25) is 0 Å². The first-order valence-corrected chi connectivity index (χ1v) is 6.89. The predicted octanol–water partition coefficient (Wildman–Crippen LogP) is 1.38. The summed E-state index contributed by atoms with van der Waals surface area (Å²) >= 11 is 0. The van der Waals surface area contributed by atoms with E-state index in [0.717, 1.165) is 23.6 Å². The smallest absolute Gasteiger partial charge is 0.306 e. The Morgan fingerprint density at radius 2 is 2.24 bits per heavy atom. The lowest BCUT2D eigenvalue weighted by atomic mass is 10.1. The fourth-order valence-corrected chi connectivity index (χ4v) is 2.47. The Bertz CT molecular complexity index is 491. The normalized spacial score (nSPS) is 19.2. The largest absolute Gasteiger partial charge is 0.497 e. The van der Waals surface area contributed by atoms with Crippen LogP contribution in [0, 0.1) is 0 Å². The number of nitrogens with zero attached hydrogens (tertiary/aromatic N) is 1. The van der Waals surface area contributed by atoms with Crippen molar-refractivity contribution in [2.75, 3.05) is 33.9 Å². The zero-order valence-corrected chi connectivity index (χ0v) is 12.4. The summed E-state index contributed by atoms with van der Waals surface area (Å²) in [6, 6.07) is 5.72. The van der Waals surface area contributed by atoms with Gasteiger partial charge in [-0.2, -0.15) is 0 Å². The summed E-state index contributed by atoms with van der Waals surface area (Å²) in [5.74, 6) is 0.695. The number of carbonyl (C=O) groups is 1. The molecule has 1 aromatic rings. The van der Waals surface area contributed by atoms with E-state index in [4.69, 9.17) is 19.3 Å². The molecule has 6 nitrogen and oxygen atoms in total. The highest BCUT2D eigenvalue weighted by atomic mass is 16.5. The Morgan fingerprint density at radius 3 is 2.90 bits per heavy atom. The Kier molecular flexibility index (Phi) is 5.41. The lowest BCUT2D eigenvalue weighted by molar-refractivity contribution is -0.142. The summed E-state index contributed by atoms with van der Waals surface area (Å²) in [5.41, 5.74) is 1.05. The van der Waals surface area contributed by atoms with Crippen molar-refractivity contribution in [3.8, 4) is 11.5 Å². The molecule has 1 saturated heterocycles. The molecule has 0 bridgehead atoms. The van der Waals surface area contributed by atoms with Crippen molar-refractivity contribution in [2.24, 2.45) is 0 Å².